The maximum absolute atomic E-state index is 2.53. The summed E-state index contributed by atoms with van der Waals surface area (Å²) >= 11 is 0. The smallest absolute Gasteiger partial charge is 0.0443 e. The van der Waals surface area contributed by atoms with E-state index in [-0.39, 0.29) is 0 Å². The fourth-order valence-electron chi connectivity index (χ4n) is 7.14. The second kappa shape index (κ2) is 13.8. The van der Waals surface area contributed by atoms with Gasteiger partial charge in [-0.25, -0.2) is 0 Å². The third-order valence-corrected chi connectivity index (χ3v) is 9.25. The highest BCUT2D eigenvalue weighted by Gasteiger charge is 2.23. The fraction of sp³-hybridized carbons (Fsp3) is 0.317. The lowest BCUT2D eigenvalue weighted by Gasteiger charge is -2.30. The molecule has 7 rings (SSSR count). The minimum absolute atomic E-state index is 0.620. The first-order valence-electron chi connectivity index (χ1n) is 16.3. The largest absolute Gasteiger partial charge is 0.341 e. The first-order valence-corrected chi connectivity index (χ1v) is 16.3. The number of hydrogen-bond donors (Lipinski definition) is 0. The zero-order valence-electron chi connectivity index (χ0n) is 27.0. The van der Waals surface area contributed by atoms with Gasteiger partial charge in [0, 0.05) is 37.6 Å². The Balaban J connectivity index is 0.000000156. The Morgan fingerprint density at radius 2 is 1.11 bits per heavy atom. The standard InChI is InChI=1S/C21H21N.C20H26N2/c1-22-14-12-18(13-15-22)21-19-8-4-2-6-16(19)10-11-17-7-3-5-9-20(17)21;1-16(14-21(2)3)15-22-19-10-6-4-8-17(19)12-13-18-9-5-7-11-20(18)22/h2-11H,12-15H2,1H3;4-11,16H,12-15H2,1-3H3. The lowest BCUT2D eigenvalue weighted by atomic mass is 9.86. The quantitative estimate of drug-likeness (QED) is 0.210. The molecule has 0 amide bonds. The van der Waals surface area contributed by atoms with Crippen LogP contribution in [0.5, 0.6) is 0 Å². The Labute approximate surface area is 265 Å². The molecule has 1 fully saturated rings. The van der Waals surface area contributed by atoms with Crippen molar-refractivity contribution < 1.29 is 0 Å². The Kier molecular flexibility index (Phi) is 9.45. The number of rotatable bonds is 4. The maximum atomic E-state index is 2.53. The van der Waals surface area contributed by atoms with E-state index < -0.39 is 0 Å². The SMILES string of the molecule is CC(CN(C)C)CN1c2ccccc2CCc2ccccc21.CN1CCC(=C2c3ccccc3C=Cc3ccccc32)CC1. The van der Waals surface area contributed by atoms with E-state index in [1.54, 1.807) is 5.57 Å². The first kappa shape index (κ1) is 30.1. The molecule has 3 heteroatoms. The predicted octanol–water partition coefficient (Wildman–Crippen LogP) is 8.82. The summed E-state index contributed by atoms with van der Waals surface area (Å²) in [5.74, 6) is 0.620. The molecule has 4 aromatic rings. The molecular formula is C41H47N3. The monoisotopic (exact) mass is 581 g/mol. The van der Waals surface area contributed by atoms with Gasteiger partial charge in [-0.3, -0.25) is 0 Å². The molecular weight excluding hydrogens is 534 g/mol. The third-order valence-electron chi connectivity index (χ3n) is 9.25. The summed E-state index contributed by atoms with van der Waals surface area (Å²) < 4.78 is 0. The molecule has 2 heterocycles. The van der Waals surface area contributed by atoms with Crippen LogP contribution < -0.4 is 4.90 Å². The van der Waals surface area contributed by atoms with Crippen molar-refractivity contribution in [3.63, 3.8) is 0 Å². The van der Waals surface area contributed by atoms with E-state index in [0.717, 1.165) is 39.0 Å². The lowest BCUT2D eigenvalue weighted by Crippen LogP contribution is -2.30. The molecule has 226 valence electrons. The summed E-state index contributed by atoms with van der Waals surface area (Å²) in [4.78, 5) is 7.24. The van der Waals surface area contributed by atoms with Gasteiger partial charge in [0.2, 0.25) is 0 Å². The van der Waals surface area contributed by atoms with Crippen molar-refractivity contribution in [2.75, 3.05) is 52.2 Å². The maximum Gasteiger partial charge on any atom is 0.0443 e. The highest BCUT2D eigenvalue weighted by molar-refractivity contribution is 5.95. The summed E-state index contributed by atoms with van der Waals surface area (Å²) in [5.41, 5.74) is 14.3. The van der Waals surface area contributed by atoms with E-state index in [4.69, 9.17) is 0 Å². The number of benzene rings is 4. The Hall–Kier alpha value is -3.92. The van der Waals surface area contributed by atoms with E-state index in [9.17, 15) is 0 Å². The van der Waals surface area contributed by atoms with Crippen LogP contribution in [0.2, 0.25) is 0 Å². The van der Waals surface area contributed by atoms with Crippen molar-refractivity contribution in [1.29, 1.82) is 0 Å². The van der Waals surface area contributed by atoms with E-state index >= 15 is 0 Å². The summed E-state index contributed by atoms with van der Waals surface area (Å²) in [6, 6.07) is 35.4. The van der Waals surface area contributed by atoms with Gasteiger partial charge in [0.15, 0.2) is 0 Å². The average molecular weight is 582 g/mol. The second-order valence-electron chi connectivity index (χ2n) is 13.0. The zero-order chi connectivity index (χ0) is 30.5. The van der Waals surface area contributed by atoms with Crippen LogP contribution >= 0.6 is 0 Å². The van der Waals surface area contributed by atoms with Crippen LogP contribution in [0, 0.1) is 5.92 Å². The number of anilines is 2. The summed E-state index contributed by atoms with van der Waals surface area (Å²) in [5, 5.41) is 0. The lowest BCUT2D eigenvalue weighted by molar-refractivity contribution is 0.313. The van der Waals surface area contributed by atoms with Gasteiger partial charge in [0.1, 0.15) is 0 Å². The van der Waals surface area contributed by atoms with Gasteiger partial charge < -0.3 is 14.7 Å². The molecule has 1 atom stereocenters. The number of para-hydroxylation sites is 2. The number of nitrogens with zero attached hydrogens (tertiary/aromatic N) is 3. The second-order valence-corrected chi connectivity index (χ2v) is 13.0. The van der Waals surface area contributed by atoms with Crippen molar-refractivity contribution in [3.05, 3.63) is 136 Å². The van der Waals surface area contributed by atoms with Gasteiger partial charge in [-0.1, -0.05) is 110 Å². The molecule has 1 aliphatic carbocycles. The van der Waals surface area contributed by atoms with Crippen LogP contribution in [-0.2, 0) is 12.8 Å². The molecule has 0 bridgehead atoms. The average Bonchev–Trinajstić information content (AvgIpc) is 3.30. The molecule has 0 spiro atoms. The summed E-state index contributed by atoms with van der Waals surface area (Å²) in [6.45, 7) is 6.84. The Morgan fingerprint density at radius 3 is 1.64 bits per heavy atom. The van der Waals surface area contributed by atoms with Gasteiger partial charge in [0.05, 0.1) is 0 Å². The van der Waals surface area contributed by atoms with Gasteiger partial charge in [-0.2, -0.15) is 0 Å². The Bertz CT molecular complexity index is 1540. The molecule has 0 aromatic heterocycles. The predicted molar refractivity (Wildman–Crippen MR) is 190 cm³/mol. The minimum atomic E-state index is 0.620. The highest BCUT2D eigenvalue weighted by Crippen LogP contribution is 2.39. The first-order chi connectivity index (χ1) is 21.5. The summed E-state index contributed by atoms with van der Waals surface area (Å²) in [6.07, 6.45) is 9.13. The molecule has 44 heavy (non-hydrogen) atoms. The van der Waals surface area contributed by atoms with Crippen LogP contribution in [0.25, 0.3) is 17.7 Å². The molecule has 0 saturated carbocycles. The molecule has 2 aliphatic heterocycles. The number of aryl methyl sites for hydroxylation is 2. The van der Waals surface area contributed by atoms with E-state index in [2.05, 4.69) is 152 Å². The molecule has 0 N–H and O–H groups in total. The van der Waals surface area contributed by atoms with Crippen LogP contribution in [0.1, 0.15) is 53.1 Å². The molecule has 3 aliphatic rings. The van der Waals surface area contributed by atoms with Crippen molar-refractivity contribution >= 4 is 29.1 Å². The Morgan fingerprint density at radius 1 is 0.636 bits per heavy atom. The van der Waals surface area contributed by atoms with Gasteiger partial charge in [0.25, 0.3) is 0 Å². The molecule has 1 unspecified atom stereocenters. The van der Waals surface area contributed by atoms with Gasteiger partial charge >= 0.3 is 0 Å². The van der Waals surface area contributed by atoms with Crippen molar-refractivity contribution in [2.45, 2.75) is 32.6 Å². The van der Waals surface area contributed by atoms with Crippen molar-refractivity contribution in [1.82, 2.24) is 9.80 Å². The third kappa shape index (κ3) is 6.75. The van der Waals surface area contributed by atoms with E-state index in [0.29, 0.717) is 5.92 Å². The van der Waals surface area contributed by atoms with Crippen LogP contribution in [0.4, 0.5) is 11.4 Å². The van der Waals surface area contributed by atoms with E-state index in [1.807, 2.05) is 0 Å². The number of hydrogen-bond acceptors (Lipinski definition) is 3. The zero-order valence-corrected chi connectivity index (χ0v) is 27.0. The topological polar surface area (TPSA) is 9.72 Å². The summed E-state index contributed by atoms with van der Waals surface area (Å²) in [7, 11) is 6.53. The molecule has 0 radical (unpaired) electrons. The van der Waals surface area contributed by atoms with E-state index in [1.165, 1.54) is 63.2 Å². The molecule has 1 saturated heterocycles. The molecule has 3 nitrogen and oxygen atoms in total. The van der Waals surface area contributed by atoms with Gasteiger partial charge in [-0.05, 0) is 104 Å². The van der Waals surface area contributed by atoms with Gasteiger partial charge in [-0.15, -0.1) is 0 Å². The van der Waals surface area contributed by atoms with Crippen LogP contribution in [0.3, 0.4) is 0 Å². The normalized spacial score (nSPS) is 16.5. The van der Waals surface area contributed by atoms with Crippen molar-refractivity contribution in [2.24, 2.45) is 5.92 Å². The highest BCUT2D eigenvalue weighted by atomic mass is 15.2. The fourth-order valence-corrected chi connectivity index (χ4v) is 7.14. The number of likely N-dealkylation sites (tertiary alicyclic amines) is 1. The van der Waals surface area contributed by atoms with Crippen LogP contribution in [0.15, 0.2) is 103 Å². The minimum Gasteiger partial charge on any atom is -0.341 e. The van der Waals surface area contributed by atoms with Crippen LogP contribution in [-0.4, -0.2) is 57.1 Å². The number of piperidine rings is 1. The van der Waals surface area contributed by atoms with Crippen molar-refractivity contribution in [3.8, 4) is 0 Å². The molecule has 4 aromatic carbocycles. The number of fused-ring (bicyclic) bond motifs is 4.